The molecule has 0 bridgehead atoms. The Labute approximate surface area is 247 Å². The van der Waals surface area contributed by atoms with Crippen LogP contribution in [0.2, 0.25) is 0 Å². The van der Waals surface area contributed by atoms with Crippen molar-refractivity contribution in [1.82, 2.24) is 15.5 Å². The fourth-order valence-electron chi connectivity index (χ4n) is 5.23. The van der Waals surface area contributed by atoms with E-state index in [0.29, 0.717) is 18.9 Å². The van der Waals surface area contributed by atoms with Crippen LogP contribution in [0.25, 0.3) is 0 Å². The fourth-order valence-corrected chi connectivity index (χ4v) is 5.23. The SMILES string of the molecule is CCN(CC(=O)N[C@@H](CC(=O)O)C(=O)N[C@@H](CC1CCCC1)C(=O)O)C(=O)CCCC1CC[NH2+]CC1.O=C([O-])C(F)(F)F. The molecule has 16 heteroatoms. The van der Waals surface area contributed by atoms with Crippen molar-refractivity contribution < 1.29 is 62.6 Å². The summed E-state index contributed by atoms with van der Waals surface area (Å²) < 4.78 is 31.5. The molecule has 2 rings (SSSR count). The monoisotopic (exact) mass is 624 g/mol. The molecule has 2 fully saturated rings. The number of quaternary nitrogens is 1. The van der Waals surface area contributed by atoms with E-state index in [4.69, 9.17) is 9.90 Å². The second-order valence-electron chi connectivity index (χ2n) is 10.9. The average Bonchev–Trinajstić information content (AvgIpc) is 3.44. The van der Waals surface area contributed by atoms with Crippen molar-refractivity contribution in [3.63, 3.8) is 0 Å². The first-order valence-corrected chi connectivity index (χ1v) is 14.6. The summed E-state index contributed by atoms with van der Waals surface area (Å²) in [7, 11) is 0. The first-order chi connectivity index (χ1) is 20.1. The molecule has 0 spiro atoms. The first kappa shape index (κ1) is 37.6. The van der Waals surface area contributed by atoms with Crippen LogP contribution in [0, 0.1) is 11.8 Å². The van der Waals surface area contributed by atoms with Crippen molar-refractivity contribution in [3.05, 3.63) is 0 Å². The minimum atomic E-state index is -5.19. The summed E-state index contributed by atoms with van der Waals surface area (Å²) in [5.74, 6) is -6.33. The van der Waals surface area contributed by atoms with E-state index in [-0.39, 0.29) is 24.8 Å². The summed E-state index contributed by atoms with van der Waals surface area (Å²) in [5.41, 5.74) is 0. The number of nitrogens with two attached hydrogens (primary N) is 1. The summed E-state index contributed by atoms with van der Waals surface area (Å²) in [6.07, 6.45) is 2.61. The van der Waals surface area contributed by atoms with E-state index in [1.807, 2.05) is 0 Å². The maximum absolute atomic E-state index is 12.7. The molecule has 0 unspecified atom stereocenters. The highest BCUT2D eigenvalue weighted by Crippen LogP contribution is 2.28. The maximum Gasteiger partial charge on any atom is 0.430 e. The average molecular weight is 625 g/mol. The number of piperidine rings is 1. The zero-order chi connectivity index (χ0) is 32.6. The van der Waals surface area contributed by atoms with Gasteiger partial charge in [-0.25, -0.2) is 4.79 Å². The van der Waals surface area contributed by atoms with Gasteiger partial charge in [0.05, 0.1) is 26.1 Å². The van der Waals surface area contributed by atoms with Gasteiger partial charge in [-0.2, -0.15) is 13.2 Å². The Morgan fingerprint density at radius 3 is 2.02 bits per heavy atom. The Morgan fingerprint density at radius 1 is 0.953 bits per heavy atom. The van der Waals surface area contributed by atoms with E-state index in [1.54, 1.807) is 6.92 Å². The van der Waals surface area contributed by atoms with Crippen LogP contribution >= 0.6 is 0 Å². The van der Waals surface area contributed by atoms with Gasteiger partial charge in [0.15, 0.2) is 0 Å². The number of nitrogens with zero attached hydrogens (tertiary/aromatic N) is 1. The largest absolute Gasteiger partial charge is 0.542 e. The minimum absolute atomic E-state index is 0.156. The third kappa shape index (κ3) is 15.6. The number of nitrogens with one attached hydrogen (secondary N) is 2. The standard InChI is InChI=1S/C25H42N4O7.C2HF3O2/c1-2-29(22(31)9-5-8-17-10-12-26-13-11-17)16-21(30)27-19(15-23(32)33)24(34)28-20(25(35)36)14-18-6-3-4-7-18;3-2(4,5)1(6)7/h17-20,26H,2-16H2,1H3,(H,27,30)(H,28,34)(H,32,33)(H,35,36);(H,6,7)/t19-,20-;/m0./s1. The van der Waals surface area contributed by atoms with Crippen molar-refractivity contribution >= 4 is 35.6 Å². The molecule has 246 valence electrons. The predicted octanol–water partition coefficient (Wildman–Crippen LogP) is -0.614. The lowest BCUT2D eigenvalue weighted by Crippen LogP contribution is -2.86. The van der Waals surface area contributed by atoms with Gasteiger partial charge in [0.2, 0.25) is 17.7 Å². The molecule has 2 atom stereocenters. The Hall–Kier alpha value is -3.43. The predicted molar refractivity (Wildman–Crippen MR) is 142 cm³/mol. The summed E-state index contributed by atoms with van der Waals surface area (Å²) in [4.78, 5) is 71.2. The van der Waals surface area contributed by atoms with Gasteiger partial charge < -0.3 is 41.0 Å². The van der Waals surface area contributed by atoms with Gasteiger partial charge in [0.1, 0.15) is 18.1 Å². The second-order valence-corrected chi connectivity index (χ2v) is 10.9. The fraction of sp³-hybridized carbons (Fsp3) is 0.778. The molecule has 6 N–H and O–H groups in total. The number of carbonyl (C=O) groups is 6. The molecule has 1 heterocycles. The highest BCUT2D eigenvalue weighted by atomic mass is 19.4. The molecule has 1 aliphatic carbocycles. The number of likely N-dealkylation sites (N-methyl/N-ethyl adjacent to an activating group) is 1. The molecule has 43 heavy (non-hydrogen) atoms. The molecule has 0 radical (unpaired) electrons. The topological polar surface area (TPSA) is 210 Å². The van der Waals surface area contributed by atoms with Crippen molar-refractivity contribution in [2.75, 3.05) is 26.2 Å². The highest BCUT2D eigenvalue weighted by molar-refractivity contribution is 5.94. The zero-order valence-corrected chi connectivity index (χ0v) is 24.3. The van der Waals surface area contributed by atoms with Crippen LogP contribution < -0.4 is 21.1 Å². The molecule has 0 aromatic rings. The molecule has 0 aromatic heterocycles. The third-order valence-corrected chi connectivity index (χ3v) is 7.55. The Balaban J connectivity index is 0.00000117. The number of aliphatic carboxylic acids is 3. The van der Waals surface area contributed by atoms with Gasteiger partial charge in [-0.1, -0.05) is 25.7 Å². The number of halogens is 3. The third-order valence-electron chi connectivity index (χ3n) is 7.55. The summed E-state index contributed by atoms with van der Waals surface area (Å²) in [6, 6.07) is -2.58. The van der Waals surface area contributed by atoms with Crippen LogP contribution in [0.4, 0.5) is 13.2 Å². The lowest BCUT2D eigenvalue weighted by Gasteiger charge is -2.25. The van der Waals surface area contributed by atoms with Gasteiger partial charge >= 0.3 is 18.1 Å². The second kappa shape index (κ2) is 19.0. The van der Waals surface area contributed by atoms with Gasteiger partial charge in [-0.05, 0) is 50.9 Å². The molecule has 1 aliphatic heterocycles. The van der Waals surface area contributed by atoms with E-state index in [1.165, 1.54) is 4.90 Å². The van der Waals surface area contributed by atoms with Crippen LogP contribution in [-0.2, 0) is 28.8 Å². The smallest absolute Gasteiger partial charge is 0.430 e. The molecular weight excluding hydrogens is 581 g/mol. The van der Waals surface area contributed by atoms with E-state index < -0.39 is 54.4 Å². The Morgan fingerprint density at radius 2 is 1.53 bits per heavy atom. The molecule has 3 amide bonds. The number of rotatable bonds is 15. The van der Waals surface area contributed by atoms with Gasteiger partial charge in [0, 0.05) is 13.0 Å². The van der Waals surface area contributed by atoms with E-state index in [0.717, 1.165) is 64.5 Å². The van der Waals surface area contributed by atoms with Gasteiger partial charge in [-0.3, -0.25) is 19.2 Å². The van der Waals surface area contributed by atoms with Gasteiger partial charge in [-0.15, -0.1) is 0 Å². The van der Waals surface area contributed by atoms with Crippen LogP contribution in [-0.4, -0.2) is 95.2 Å². The molecule has 1 saturated heterocycles. The number of alkyl halides is 3. The number of carboxylic acids is 3. The van der Waals surface area contributed by atoms with Crippen molar-refractivity contribution in [2.24, 2.45) is 11.8 Å². The van der Waals surface area contributed by atoms with Crippen molar-refractivity contribution in [1.29, 1.82) is 0 Å². The lowest BCUT2D eigenvalue weighted by molar-refractivity contribution is -0.664. The van der Waals surface area contributed by atoms with Crippen LogP contribution in [0.1, 0.15) is 77.6 Å². The Bertz CT molecular complexity index is 952. The van der Waals surface area contributed by atoms with E-state index >= 15 is 0 Å². The lowest BCUT2D eigenvalue weighted by atomic mass is 9.92. The molecule has 0 aromatic carbocycles. The zero-order valence-electron chi connectivity index (χ0n) is 24.3. The summed E-state index contributed by atoms with van der Waals surface area (Å²) in [6.45, 7) is 4.02. The highest BCUT2D eigenvalue weighted by Gasteiger charge is 2.31. The van der Waals surface area contributed by atoms with Crippen LogP contribution in [0.15, 0.2) is 0 Å². The number of amides is 3. The molecular formula is C27H43F3N4O9. The summed E-state index contributed by atoms with van der Waals surface area (Å²) >= 11 is 0. The quantitative estimate of drug-likeness (QED) is 0.157. The Kier molecular flexibility index (Phi) is 16.6. The number of carboxylic acid groups (broad SMARTS) is 3. The molecule has 1 saturated carbocycles. The maximum atomic E-state index is 12.7. The molecule has 2 aliphatic rings. The van der Waals surface area contributed by atoms with E-state index in [2.05, 4.69) is 16.0 Å². The number of hydrogen-bond donors (Lipinski definition) is 5. The van der Waals surface area contributed by atoms with Crippen LogP contribution in [0.3, 0.4) is 0 Å². The van der Waals surface area contributed by atoms with Crippen molar-refractivity contribution in [2.45, 2.75) is 95.8 Å². The normalized spacial score (nSPS) is 17.1. The van der Waals surface area contributed by atoms with Crippen LogP contribution in [0.5, 0.6) is 0 Å². The van der Waals surface area contributed by atoms with E-state index in [9.17, 15) is 47.4 Å². The molecule has 13 nitrogen and oxygen atoms in total. The number of carbonyl (C=O) groups excluding carboxylic acids is 4. The first-order valence-electron chi connectivity index (χ1n) is 14.6. The minimum Gasteiger partial charge on any atom is -0.542 e. The van der Waals surface area contributed by atoms with Gasteiger partial charge in [0.25, 0.3) is 0 Å². The number of hydrogen-bond acceptors (Lipinski definition) is 7. The summed E-state index contributed by atoms with van der Waals surface area (Å²) in [5, 5.41) is 34.6. The van der Waals surface area contributed by atoms with Crippen molar-refractivity contribution in [3.8, 4) is 0 Å².